The van der Waals surface area contributed by atoms with E-state index in [9.17, 15) is 4.79 Å². The topological polar surface area (TPSA) is 24.8 Å². The summed E-state index contributed by atoms with van der Waals surface area (Å²) in [6.07, 6.45) is 0.463. The van der Waals surface area contributed by atoms with Gasteiger partial charge in [0.2, 0.25) is 5.91 Å². The molecule has 0 aliphatic carbocycles. The molecule has 1 saturated heterocycles. The van der Waals surface area contributed by atoms with Crippen molar-refractivity contribution in [2.45, 2.75) is 13.0 Å². The Morgan fingerprint density at radius 1 is 0.957 bits per heavy atom. The molecule has 3 nitrogen and oxygen atoms in total. The Morgan fingerprint density at radius 3 is 2.26 bits per heavy atom. The van der Waals surface area contributed by atoms with Gasteiger partial charge in [0.15, 0.2) is 0 Å². The maximum Gasteiger partial charge on any atom is 0.227 e. The molecule has 0 unspecified atom stereocenters. The molecule has 1 aliphatic heterocycles. The highest BCUT2D eigenvalue weighted by molar-refractivity contribution is 6.30. The van der Waals surface area contributed by atoms with E-state index in [4.69, 9.17) is 11.6 Å². The Labute approximate surface area is 142 Å². The minimum Gasteiger partial charge on any atom is -0.331 e. The summed E-state index contributed by atoms with van der Waals surface area (Å²) >= 11 is 5.88. The van der Waals surface area contributed by atoms with Crippen LogP contribution in [0.2, 0.25) is 5.02 Å². The van der Waals surface area contributed by atoms with Crippen LogP contribution in [0.15, 0.2) is 54.6 Å². The number of piperazine rings is 1. The van der Waals surface area contributed by atoms with Gasteiger partial charge in [0.1, 0.15) is 6.54 Å². The number of carbonyl (C=O) groups excluding carboxylic acids is 1. The molecule has 1 heterocycles. The molecular weight excluding hydrogens is 308 g/mol. The second kappa shape index (κ2) is 7.62. The van der Waals surface area contributed by atoms with E-state index in [1.165, 1.54) is 5.56 Å². The summed E-state index contributed by atoms with van der Waals surface area (Å²) in [5.41, 5.74) is 2.39. The third-order valence-corrected chi connectivity index (χ3v) is 4.64. The van der Waals surface area contributed by atoms with Crippen LogP contribution in [0.1, 0.15) is 11.1 Å². The van der Waals surface area contributed by atoms with Gasteiger partial charge in [-0.25, -0.2) is 0 Å². The van der Waals surface area contributed by atoms with E-state index < -0.39 is 0 Å². The van der Waals surface area contributed by atoms with Gasteiger partial charge < -0.3 is 9.80 Å². The number of amides is 1. The number of carbonyl (C=O) groups is 1. The Morgan fingerprint density at radius 2 is 1.61 bits per heavy atom. The van der Waals surface area contributed by atoms with Crippen LogP contribution in [0.3, 0.4) is 0 Å². The van der Waals surface area contributed by atoms with E-state index in [-0.39, 0.29) is 5.91 Å². The summed E-state index contributed by atoms with van der Waals surface area (Å²) in [6.45, 7) is 4.76. The van der Waals surface area contributed by atoms with Crippen molar-refractivity contribution >= 4 is 17.5 Å². The van der Waals surface area contributed by atoms with E-state index in [1.54, 1.807) is 4.90 Å². The zero-order valence-corrected chi connectivity index (χ0v) is 13.9. The van der Waals surface area contributed by atoms with Crippen LogP contribution < -0.4 is 4.90 Å². The number of hydrogen-bond acceptors (Lipinski definition) is 1. The first-order chi connectivity index (χ1) is 11.2. The molecule has 4 heteroatoms. The van der Waals surface area contributed by atoms with Crippen LogP contribution in [0.4, 0.5) is 0 Å². The molecular formula is C19H22ClN2O+. The van der Waals surface area contributed by atoms with Crippen LogP contribution in [0.5, 0.6) is 0 Å². The van der Waals surface area contributed by atoms with Gasteiger partial charge in [-0.05, 0) is 17.7 Å². The van der Waals surface area contributed by atoms with Crippen LogP contribution in [0.25, 0.3) is 0 Å². The largest absolute Gasteiger partial charge is 0.331 e. The Hall–Kier alpha value is -1.84. The minimum absolute atomic E-state index is 0.214. The second-order valence-corrected chi connectivity index (χ2v) is 6.53. The normalized spacial score (nSPS) is 15.6. The lowest BCUT2D eigenvalue weighted by atomic mass is 10.1. The predicted octanol–water partition coefficient (Wildman–Crippen LogP) is 1.81. The van der Waals surface area contributed by atoms with Crippen LogP contribution in [0, 0.1) is 0 Å². The third-order valence-electron chi connectivity index (χ3n) is 4.39. The number of nitrogens with zero attached hydrogens (tertiary/aromatic N) is 1. The van der Waals surface area contributed by atoms with Crippen molar-refractivity contribution in [2.75, 3.05) is 26.2 Å². The molecule has 0 atom stereocenters. The molecule has 3 rings (SSSR count). The first-order valence-electron chi connectivity index (χ1n) is 8.10. The van der Waals surface area contributed by atoms with Gasteiger partial charge in [0.05, 0.1) is 32.6 Å². The number of hydrogen-bond donors (Lipinski definition) is 1. The molecule has 1 aliphatic rings. The molecule has 2 aromatic carbocycles. The first kappa shape index (κ1) is 16.0. The number of quaternary nitrogens is 1. The van der Waals surface area contributed by atoms with E-state index in [1.807, 2.05) is 35.2 Å². The smallest absolute Gasteiger partial charge is 0.227 e. The standard InChI is InChI=1S/C19H21ClN2O/c20-18-8-6-16(7-9-18)14-19(23)22-12-10-21(11-13-22)15-17-4-2-1-3-5-17/h1-9H,10-15H2/p+1. The number of halogens is 1. The van der Waals surface area contributed by atoms with E-state index in [2.05, 4.69) is 24.3 Å². The van der Waals surface area contributed by atoms with Gasteiger partial charge in [0.25, 0.3) is 0 Å². The zero-order chi connectivity index (χ0) is 16.1. The molecule has 0 bridgehead atoms. The number of benzene rings is 2. The molecule has 0 aromatic heterocycles. The highest BCUT2D eigenvalue weighted by Crippen LogP contribution is 2.11. The fourth-order valence-corrected chi connectivity index (χ4v) is 3.15. The highest BCUT2D eigenvalue weighted by atomic mass is 35.5. The second-order valence-electron chi connectivity index (χ2n) is 6.10. The third kappa shape index (κ3) is 4.57. The molecule has 1 fully saturated rings. The Balaban J connectivity index is 1.48. The van der Waals surface area contributed by atoms with Crippen molar-refractivity contribution in [3.8, 4) is 0 Å². The quantitative estimate of drug-likeness (QED) is 0.909. The molecule has 120 valence electrons. The molecule has 2 aromatic rings. The first-order valence-corrected chi connectivity index (χ1v) is 8.48. The molecule has 0 spiro atoms. The van der Waals surface area contributed by atoms with E-state index in [0.717, 1.165) is 38.3 Å². The van der Waals surface area contributed by atoms with Crippen LogP contribution in [-0.4, -0.2) is 37.0 Å². The summed E-state index contributed by atoms with van der Waals surface area (Å²) in [4.78, 5) is 15.9. The fourth-order valence-electron chi connectivity index (χ4n) is 3.02. The van der Waals surface area contributed by atoms with Crippen molar-refractivity contribution in [2.24, 2.45) is 0 Å². The van der Waals surface area contributed by atoms with Gasteiger partial charge in [-0.2, -0.15) is 0 Å². The summed E-state index contributed by atoms with van der Waals surface area (Å²) in [6, 6.07) is 18.1. The summed E-state index contributed by atoms with van der Waals surface area (Å²) in [5, 5.41) is 0.708. The van der Waals surface area contributed by atoms with E-state index >= 15 is 0 Å². The maximum atomic E-state index is 12.4. The number of nitrogens with one attached hydrogen (secondary N) is 1. The average Bonchev–Trinajstić information content (AvgIpc) is 2.58. The lowest BCUT2D eigenvalue weighted by Gasteiger charge is -2.32. The fraction of sp³-hybridized carbons (Fsp3) is 0.316. The van der Waals surface area contributed by atoms with Gasteiger partial charge in [-0.1, -0.05) is 54.1 Å². The van der Waals surface area contributed by atoms with Crippen molar-refractivity contribution in [3.63, 3.8) is 0 Å². The predicted molar refractivity (Wildman–Crippen MR) is 92.6 cm³/mol. The lowest BCUT2D eigenvalue weighted by molar-refractivity contribution is -0.917. The van der Waals surface area contributed by atoms with Crippen molar-refractivity contribution in [3.05, 3.63) is 70.7 Å². The average molecular weight is 330 g/mol. The van der Waals surface area contributed by atoms with Crippen LogP contribution in [-0.2, 0) is 17.8 Å². The molecule has 1 N–H and O–H groups in total. The van der Waals surface area contributed by atoms with Crippen molar-refractivity contribution in [1.82, 2.24) is 4.90 Å². The van der Waals surface area contributed by atoms with Gasteiger partial charge in [-0.15, -0.1) is 0 Å². The van der Waals surface area contributed by atoms with Gasteiger partial charge in [-0.3, -0.25) is 4.79 Å². The summed E-state index contributed by atoms with van der Waals surface area (Å²) in [7, 11) is 0. The summed E-state index contributed by atoms with van der Waals surface area (Å²) in [5.74, 6) is 0.214. The molecule has 0 saturated carbocycles. The molecule has 0 radical (unpaired) electrons. The van der Waals surface area contributed by atoms with Gasteiger partial charge in [0, 0.05) is 10.6 Å². The molecule has 23 heavy (non-hydrogen) atoms. The maximum absolute atomic E-state index is 12.4. The Kier molecular flexibility index (Phi) is 5.31. The van der Waals surface area contributed by atoms with Crippen LogP contribution >= 0.6 is 11.6 Å². The highest BCUT2D eigenvalue weighted by Gasteiger charge is 2.23. The van der Waals surface area contributed by atoms with E-state index in [0.29, 0.717) is 11.4 Å². The Bertz CT molecular complexity index is 634. The van der Waals surface area contributed by atoms with Gasteiger partial charge >= 0.3 is 0 Å². The molecule has 1 amide bonds. The van der Waals surface area contributed by atoms with Crippen molar-refractivity contribution < 1.29 is 9.69 Å². The SMILES string of the molecule is O=C(Cc1ccc(Cl)cc1)N1CC[NH+](Cc2ccccc2)CC1. The zero-order valence-electron chi connectivity index (χ0n) is 13.2. The minimum atomic E-state index is 0.214. The number of rotatable bonds is 4. The van der Waals surface area contributed by atoms with Crippen molar-refractivity contribution in [1.29, 1.82) is 0 Å². The lowest BCUT2D eigenvalue weighted by Crippen LogP contribution is -3.13. The summed E-state index contributed by atoms with van der Waals surface area (Å²) < 4.78 is 0. The monoisotopic (exact) mass is 329 g/mol.